The molecule has 1 heterocycles. The molecule has 94 valence electrons. The van der Waals surface area contributed by atoms with Crippen LogP contribution in [0.1, 0.15) is 13.8 Å². The second-order valence-electron chi connectivity index (χ2n) is 3.95. The number of hydrogen-bond acceptors (Lipinski definition) is 6. The van der Waals surface area contributed by atoms with Crippen molar-refractivity contribution >= 4 is 5.91 Å². The van der Waals surface area contributed by atoms with Crippen molar-refractivity contribution in [3.63, 3.8) is 0 Å². The number of carbonyl (C=O) groups is 1. The first kappa shape index (κ1) is 18.1. The molecule has 17 heavy (non-hydrogen) atoms. The van der Waals surface area contributed by atoms with Crippen LogP contribution in [0.4, 0.5) is 0 Å². The van der Waals surface area contributed by atoms with E-state index in [0.717, 1.165) is 0 Å². The van der Waals surface area contributed by atoms with Crippen LogP contribution in [0.5, 0.6) is 0 Å². The van der Waals surface area contributed by atoms with Gasteiger partial charge in [-0.3, -0.25) is 0 Å². The molecule has 0 bridgehead atoms. The molecule has 1 saturated heterocycles. The first-order valence-electron chi connectivity index (χ1n) is 4.95. The van der Waals surface area contributed by atoms with E-state index < -0.39 is 36.6 Å². The molecule has 1 amide bonds. The van der Waals surface area contributed by atoms with Gasteiger partial charge < -0.3 is 35.3 Å². The summed E-state index contributed by atoms with van der Waals surface area (Å²) in [4.78, 5) is 10.8. The SMILES string of the molecule is CC(C)OC1OC(C([NH-])=O)C(O)C(O)C1O.[Rb+]. The molecule has 0 radical (unpaired) electrons. The van der Waals surface area contributed by atoms with Gasteiger partial charge in [0.05, 0.1) is 12.0 Å². The summed E-state index contributed by atoms with van der Waals surface area (Å²) in [5, 5.41) is 28.4. The molecule has 5 unspecified atom stereocenters. The Morgan fingerprint density at radius 2 is 1.76 bits per heavy atom. The zero-order chi connectivity index (χ0) is 12.5. The van der Waals surface area contributed by atoms with Crippen molar-refractivity contribution in [2.75, 3.05) is 0 Å². The Morgan fingerprint density at radius 3 is 2.18 bits per heavy atom. The Hall–Kier alpha value is 1.08. The quantitative estimate of drug-likeness (QED) is 0.485. The summed E-state index contributed by atoms with van der Waals surface area (Å²) in [5.41, 5.74) is 6.86. The van der Waals surface area contributed by atoms with Gasteiger partial charge in [0.2, 0.25) is 0 Å². The summed E-state index contributed by atoms with van der Waals surface area (Å²) in [5.74, 6) is -1.17. The van der Waals surface area contributed by atoms with E-state index in [2.05, 4.69) is 0 Å². The van der Waals surface area contributed by atoms with Gasteiger partial charge in [0.15, 0.2) is 6.29 Å². The fourth-order valence-corrected chi connectivity index (χ4v) is 1.45. The third-order valence-electron chi connectivity index (χ3n) is 2.23. The molecule has 8 heteroatoms. The molecule has 0 aromatic rings. The minimum Gasteiger partial charge on any atom is -0.665 e. The van der Waals surface area contributed by atoms with Crippen LogP contribution < -0.4 is 58.2 Å². The van der Waals surface area contributed by atoms with E-state index in [1.807, 2.05) is 0 Å². The van der Waals surface area contributed by atoms with Crippen molar-refractivity contribution in [2.45, 2.75) is 50.7 Å². The van der Waals surface area contributed by atoms with Crippen molar-refractivity contribution in [3.05, 3.63) is 5.73 Å². The minimum absolute atomic E-state index is 0. The molecule has 1 aliphatic heterocycles. The number of nitrogens with one attached hydrogen (secondary N) is 1. The normalized spacial score (nSPS) is 37.6. The molecule has 0 spiro atoms. The number of hydrogen-bond donors (Lipinski definition) is 3. The van der Waals surface area contributed by atoms with Crippen LogP contribution in [-0.4, -0.2) is 58.0 Å². The van der Waals surface area contributed by atoms with Crippen molar-refractivity contribution in [2.24, 2.45) is 0 Å². The topological polar surface area (TPSA) is 120 Å². The fraction of sp³-hybridized carbons (Fsp3) is 0.889. The van der Waals surface area contributed by atoms with Crippen LogP contribution >= 0.6 is 0 Å². The van der Waals surface area contributed by atoms with Gasteiger partial charge >= 0.3 is 58.2 Å². The molecule has 4 N–H and O–H groups in total. The maximum absolute atomic E-state index is 10.8. The van der Waals surface area contributed by atoms with Gasteiger partial charge in [-0.25, -0.2) is 0 Å². The second kappa shape index (κ2) is 7.61. The summed E-state index contributed by atoms with van der Waals surface area (Å²) in [6.07, 6.45) is -7.65. The predicted molar refractivity (Wildman–Crippen MR) is 52.2 cm³/mol. The van der Waals surface area contributed by atoms with Gasteiger partial charge in [-0.2, -0.15) is 0 Å². The van der Waals surface area contributed by atoms with E-state index >= 15 is 0 Å². The molecule has 5 atom stereocenters. The molecule has 1 rings (SSSR count). The maximum atomic E-state index is 10.8. The average Bonchev–Trinajstić information content (AvgIpc) is 2.18. The first-order chi connectivity index (χ1) is 7.34. The summed E-state index contributed by atoms with van der Waals surface area (Å²) in [6.45, 7) is 3.37. The first-order valence-corrected chi connectivity index (χ1v) is 4.95. The summed E-state index contributed by atoms with van der Waals surface area (Å²) in [7, 11) is 0. The summed E-state index contributed by atoms with van der Waals surface area (Å²) in [6, 6.07) is 0. The van der Waals surface area contributed by atoms with Crippen LogP contribution in [0.25, 0.3) is 5.73 Å². The van der Waals surface area contributed by atoms with Crippen molar-refractivity contribution < 1.29 is 87.8 Å². The molecular weight excluding hydrogens is 304 g/mol. The summed E-state index contributed by atoms with van der Waals surface area (Å²) >= 11 is 0. The van der Waals surface area contributed by atoms with Crippen LogP contribution in [0.3, 0.4) is 0 Å². The van der Waals surface area contributed by atoms with E-state index in [1.54, 1.807) is 13.8 Å². The number of aliphatic hydroxyl groups is 3. The van der Waals surface area contributed by atoms with Gasteiger partial charge in [0, 0.05) is 0 Å². The molecule has 0 saturated carbocycles. The smallest absolute Gasteiger partial charge is 0.665 e. The molecular formula is C9H16NO6Rb. The second-order valence-corrected chi connectivity index (χ2v) is 3.95. The number of carbonyl (C=O) groups excluding carboxylic acids is 1. The Balaban J connectivity index is 0.00000256. The number of ether oxygens (including phenoxy) is 2. The number of amides is 1. The monoisotopic (exact) mass is 319 g/mol. The van der Waals surface area contributed by atoms with Gasteiger partial charge in [-0.05, 0) is 13.8 Å². The maximum Gasteiger partial charge on any atom is 1.00 e. The van der Waals surface area contributed by atoms with E-state index in [-0.39, 0.29) is 64.3 Å². The third-order valence-corrected chi connectivity index (χ3v) is 2.23. The van der Waals surface area contributed by atoms with Crippen molar-refractivity contribution in [1.82, 2.24) is 0 Å². The molecule has 1 aliphatic rings. The number of aliphatic hydroxyl groups excluding tert-OH is 3. The van der Waals surface area contributed by atoms with Crippen molar-refractivity contribution in [3.8, 4) is 0 Å². The number of rotatable bonds is 3. The van der Waals surface area contributed by atoms with Gasteiger partial charge in [0.1, 0.15) is 24.4 Å². The Labute approximate surface area is 148 Å². The molecule has 0 aliphatic carbocycles. The zero-order valence-electron chi connectivity index (χ0n) is 10.0. The third kappa shape index (κ3) is 4.59. The fourth-order valence-electron chi connectivity index (χ4n) is 1.45. The molecule has 7 nitrogen and oxygen atoms in total. The van der Waals surface area contributed by atoms with E-state index in [1.165, 1.54) is 0 Å². The Bertz CT molecular complexity index is 264. The van der Waals surface area contributed by atoms with Crippen LogP contribution in [0.15, 0.2) is 0 Å². The van der Waals surface area contributed by atoms with E-state index in [9.17, 15) is 20.1 Å². The van der Waals surface area contributed by atoms with Crippen LogP contribution in [0.2, 0.25) is 0 Å². The molecule has 1 fully saturated rings. The Morgan fingerprint density at radius 1 is 1.24 bits per heavy atom. The van der Waals surface area contributed by atoms with Gasteiger partial charge in [-0.15, -0.1) is 0 Å². The standard InChI is InChI=1S/C9H17NO6.Rb/c1-3(2)15-9-6(13)4(11)5(12)7(16-9)8(10)14;/h3-7,9,11-13H,1-2H3,(H2,10,14);/q;+1/p-1. The van der Waals surface area contributed by atoms with Gasteiger partial charge in [-0.1, -0.05) is 0 Å². The van der Waals surface area contributed by atoms with Gasteiger partial charge in [0.25, 0.3) is 0 Å². The van der Waals surface area contributed by atoms with E-state index in [0.29, 0.717) is 0 Å². The average molecular weight is 320 g/mol. The summed E-state index contributed by atoms with van der Waals surface area (Å²) < 4.78 is 10.1. The largest absolute Gasteiger partial charge is 1.00 e. The minimum atomic E-state index is -1.62. The zero-order valence-corrected chi connectivity index (χ0v) is 14.9. The van der Waals surface area contributed by atoms with Crippen LogP contribution in [-0.2, 0) is 14.3 Å². The Kier molecular flexibility index (Phi) is 8.09. The van der Waals surface area contributed by atoms with E-state index in [4.69, 9.17) is 15.2 Å². The van der Waals surface area contributed by atoms with Crippen LogP contribution in [0, 0.1) is 0 Å². The molecule has 0 aromatic carbocycles. The predicted octanol–water partition coefficient (Wildman–Crippen LogP) is -4.20. The molecule has 0 aromatic heterocycles. The van der Waals surface area contributed by atoms with Crippen molar-refractivity contribution in [1.29, 1.82) is 0 Å².